The number of amides is 2. The molecule has 0 saturated heterocycles. The first-order chi connectivity index (χ1) is 12.5. The van der Waals surface area contributed by atoms with Crippen molar-refractivity contribution in [2.45, 2.75) is 33.1 Å². The fraction of sp³-hybridized carbons (Fsp3) is 0.300. The highest BCUT2D eigenvalue weighted by atomic mass is 19.1. The maximum absolute atomic E-state index is 13.2. The third kappa shape index (κ3) is 5.58. The zero-order chi connectivity index (χ0) is 18.9. The Kier molecular flexibility index (Phi) is 7.14. The molecule has 1 N–H and O–H groups in total. The Balaban J connectivity index is 2.14. The van der Waals surface area contributed by atoms with Crippen molar-refractivity contribution in [3.05, 3.63) is 54.3 Å². The van der Waals surface area contributed by atoms with E-state index in [-0.39, 0.29) is 11.7 Å². The van der Waals surface area contributed by atoms with Gasteiger partial charge in [0, 0.05) is 30.4 Å². The summed E-state index contributed by atoms with van der Waals surface area (Å²) in [5, 5.41) is 2.72. The lowest BCUT2D eigenvalue weighted by molar-refractivity contribution is -0.115. The molecule has 0 aliphatic carbocycles. The van der Waals surface area contributed by atoms with Gasteiger partial charge in [-0.15, -0.1) is 0 Å². The van der Waals surface area contributed by atoms with Crippen LogP contribution in [0.4, 0.5) is 20.6 Å². The summed E-state index contributed by atoms with van der Waals surface area (Å²) in [4.78, 5) is 25.6. The fourth-order valence-corrected chi connectivity index (χ4v) is 2.31. The molecule has 0 radical (unpaired) electrons. The second-order valence-corrected chi connectivity index (χ2v) is 5.78. The topological polar surface area (TPSA) is 58.6 Å². The lowest BCUT2D eigenvalue weighted by atomic mass is 10.2. The van der Waals surface area contributed by atoms with Crippen LogP contribution in [0.2, 0.25) is 0 Å². The molecule has 0 fully saturated rings. The van der Waals surface area contributed by atoms with Crippen LogP contribution in [0.1, 0.15) is 33.1 Å². The van der Waals surface area contributed by atoms with Crippen LogP contribution in [0.15, 0.2) is 48.5 Å². The first kappa shape index (κ1) is 19.4. The van der Waals surface area contributed by atoms with Gasteiger partial charge in [-0.1, -0.05) is 26.3 Å². The zero-order valence-electron chi connectivity index (χ0n) is 15.0. The van der Waals surface area contributed by atoms with Crippen molar-refractivity contribution in [1.82, 2.24) is 0 Å². The van der Waals surface area contributed by atoms with Gasteiger partial charge in [-0.25, -0.2) is 9.18 Å². The Bertz CT molecular complexity index is 747. The molecule has 26 heavy (non-hydrogen) atoms. The highest BCUT2D eigenvalue weighted by molar-refractivity contribution is 5.91. The van der Waals surface area contributed by atoms with E-state index in [1.54, 1.807) is 43.3 Å². The number of benzene rings is 2. The summed E-state index contributed by atoms with van der Waals surface area (Å²) in [6.07, 6.45) is 1.51. The monoisotopic (exact) mass is 358 g/mol. The van der Waals surface area contributed by atoms with Crippen LogP contribution in [0.3, 0.4) is 0 Å². The van der Waals surface area contributed by atoms with Gasteiger partial charge < -0.3 is 10.1 Å². The summed E-state index contributed by atoms with van der Waals surface area (Å²) in [6, 6.07) is 12.4. The number of carbonyl (C=O) groups is 2. The molecule has 5 nitrogen and oxygen atoms in total. The van der Waals surface area contributed by atoms with Gasteiger partial charge in [-0.2, -0.15) is 0 Å². The minimum Gasteiger partial charge on any atom is -0.410 e. The van der Waals surface area contributed by atoms with E-state index in [1.165, 1.54) is 17.0 Å². The number of rotatable bonds is 7. The number of carbonyl (C=O) groups excluding carboxylic acids is 2. The molecule has 0 heterocycles. The SMILES string of the molecule is CCCCN(C(=O)Oc1cccc(NC(=O)CC)c1)c1ccc(F)cc1. The Morgan fingerprint density at radius 1 is 1.12 bits per heavy atom. The molecule has 0 aliphatic rings. The van der Waals surface area contributed by atoms with E-state index in [0.717, 1.165) is 12.8 Å². The van der Waals surface area contributed by atoms with Crippen LogP contribution in [0, 0.1) is 5.82 Å². The van der Waals surface area contributed by atoms with E-state index in [2.05, 4.69) is 5.32 Å². The van der Waals surface area contributed by atoms with Gasteiger partial charge in [-0.3, -0.25) is 9.69 Å². The van der Waals surface area contributed by atoms with E-state index in [1.807, 2.05) is 6.92 Å². The Morgan fingerprint density at radius 2 is 1.85 bits per heavy atom. The third-order valence-corrected chi connectivity index (χ3v) is 3.74. The van der Waals surface area contributed by atoms with Gasteiger partial charge in [0.05, 0.1) is 0 Å². The molecular formula is C20H23FN2O3. The predicted octanol–water partition coefficient (Wildman–Crippen LogP) is 4.98. The number of halogens is 1. The van der Waals surface area contributed by atoms with Crippen LogP contribution < -0.4 is 15.0 Å². The van der Waals surface area contributed by atoms with Crippen LogP contribution in [0.25, 0.3) is 0 Å². The summed E-state index contributed by atoms with van der Waals surface area (Å²) in [6.45, 7) is 4.24. The summed E-state index contributed by atoms with van der Waals surface area (Å²) in [5.41, 5.74) is 1.13. The minimum atomic E-state index is -0.552. The standard InChI is InChI=1S/C20H23FN2O3/c1-3-5-13-23(17-11-9-15(21)10-12-17)20(25)26-18-8-6-7-16(14-18)22-19(24)4-2/h6-12,14H,3-5,13H2,1-2H3,(H,22,24). The Hall–Kier alpha value is -2.89. The average molecular weight is 358 g/mol. The summed E-state index contributed by atoms with van der Waals surface area (Å²) < 4.78 is 18.6. The molecule has 0 spiro atoms. The van der Waals surface area contributed by atoms with Gasteiger partial charge in [0.1, 0.15) is 11.6 Å². The van der Waals surface area contributed by atoms with E-state index in [0.29, 0.717) is 30.1 Å². The van der Waals surface area contributed by atoms with Crippen molar-refractivity contribution in [1.29, 1.82) is 0 Å². The number of nitrogens with one attached hydrogen (secondary N) is 1. The summed E-state index contributed by atoms with van der Waals surface area (Å²) in [5.74, 6) is -0.159. The van der Waals surface area contributed by atoms with Crippen molar-refractivity contribution in [3.63, 3.8) is 0 Å². The lowest BCUT2D eigenvalue weighted by Gasteiger charge is -2.22. The Morgan fingerprint density at radius 3 is 2.50 bits per heavy atom. The van der Waals surface area contributed by atoms with Gasteiger partial charge in [0.25, 0.3) is 0 Å². The molecule has 0 saturated carbocycles. The van der Waals surface area contributed by atoms with Crippen molar-refractivity contribution < 1.29 is 18.7 Å². The first-order valence-electron chi connectivity index (χ1n) is 8.68. The van der Waals surface area contributed by atoms with Crippen molar-refractivity contribution in [3.8, 4) is 5.75 Å². The van der Waals surface area contributed by atoms with Gasteiger partial charge in [0.2, 0.25) is 5.91 Å². The lowest BCUT2D eigenvalue weighted by Crippen LogP contribution is -2.34. The highest BCUT2D eigenvalue weighted by Crippen LogP contribution is 2.21. The van der Waals surface area contributed by atoms with E-state index >= 15 is 0 Å². The number of unbranched alkanes of at least 4 members (excludes halogenated alkanes) is 1. The van der Waals surface area contributed by atoms with Crippen LogP contribution in [0.5, 0.6) is 5.75 Å². The van der Waals surface area contributed by atoms with Crippen molar-refractivity contribution in [2.24, 2.45) is 0 Å². The molecule has 0 aromatic heterocycles. The summed E-state index contributed by atoms with van der Waals surface area (Å²) in [7, 11) is 0. The van der Waals surface area contributed by atoms with Crippen molar-refractivity contribution >= 4 is 23.4 Å². The number of nitrogens with zero attached hydrogens (tertiary/aromatic N) is 1. The molecule has 2 rings (SSSR count). The smallest absolute Gasteiger partial charge is 0.410 e. The van der Waals surface area contributed by atoms with E-state index < -0.39 is 6.09 Å². The van der Waals surface area contributed by atoms with Gasteiger partial charge >= 0.3 is 6.09 Å². The summed E-state index contributed by atoms with van der Waals surface area (Å²) >= 11 is 0. The molecule has 0 bridgehead atoms. The highest BCUT2D eigenvalue weighted by Gasteiger charge is 2.18. The molecule has 2 amide bonds. The molecular weight excluding hydrogens is 335 g/mol. The molecule has 0 unspecified atom stereocenters. The molecule has 6 heteroatoms. The van der Waals surface area contributed by atoms with E-state index in [4.69, 9.17) is 4.74 Å². The number of anilines is 2. The number of hydrogen-bond acceptors (Lipinski definition) is 3. The molecule has 0 aliphatic heterocycles. The second-order valence-electron chi connectivity index (χ2n) is 5.78. The molecule has 0 atom stereocenters. The largest absolute Gasteiger partial charge is 0.419 e. The van der Waals surface area contributed by atoms with Crippen LogP contribution in [-0.4, -0.2) is 18.5 Å². The zero-order valence-corrected chi connectivity index (χ0v) is 15.0. The fourth-order valence-electron chi connectivity index (χ4n) is 2.31. The number of ether oxygens (including phenoxy) is 1. The van der Waals surface area contributed by atoms with Crippen LogP contribution >= 0.6 is 0 Å². The molecule has 2 aromatic rings. The maximum atomic E-state index is 13.2. The average Bonchev–Trinajstić information content (AvgIpc) is 2.63. The quantitative estimate of drug-likeness (QED) is 0.759. The molecule has 138 valence electrons. The third-order valence-electron chi connectivity index (χ3n) is 3.74. The van der Waals surface area contributed by atoms with E-state index in [9.17, 15) is 14.0 Å². The second kappa shape index (κ2) is 9.56. The Labute approximate surface area is 152 Å². The minimum absolute atomic E-state index is 0.121. The predicted molar refractivity (Wildman–Crippen MR) is 100 cm³/mol. The van der Waals surface area contributed by atoms with Gasteiger partial charge in [0.15, 0.2) is 0 Å². The first-order valence-corrected chi connectivity index (χ1v) is 8.68. The van der Waals surface area contributed by atoms with Gasteiger partial charge in [-0.05, 0) is 42.8 Å². The van der Waals surface area contributed by atoms with Crippen molar-refractivity contribution in [2.75, 3.05) is 16.8 Å². The number of hydrogen-bond donors (Lipinski definition) is 1. The van der Waals surface area contributed by atoms with Crippen LogP contribution in [-0.2, 0) is 4.79 Å². The maximum Gasteiger partial charge on any atom is 0.419 e. The molecule has 2 aromatic carbocycles. The normalized spacial score (nSPS) is 10.3.